The normalized spacial score (nSPS) is 22.8. The molecule has 2 N–H and O–H groups in total. The van der Waals surface area contributed by atoms with Crippen molar-refractivity contribution in [2.75, 3.05) is 26.7 Å². The molecule has 0 radical (unpaired) electrons. The molecule has 0 aliphatic carbocycles. The van der Waals surface area contributed by atoms with Gasteiger partial charge in [-0.05, 0) is 38.8 Å². The Bertz CT molecular complexity index is 233. The summed E-state index contributed by atoms with van der Waals surface area (Å²) in [5.41, 5.74) is 5.07. The molecule has 0 aromatic carbocycles. The zero-order valence-electron chi connectivity index (χ0n) is 10.7. The van der Waals surface area contributed by atoms with Gasteiger partial charge in [0.1, 0.15) is 5.54 Å². The van der Waals surface area contributed by atoms with Crippen LogP contribution in [0.15, 0.2) is 0 Å². The summed E-state index contributed by atoms with van der Waals surface area (Å²) in [4.78, 5) is 13.7. The van der Waals surface area contributed by atoms with Crippen LogP contribution in [0, 0.1) is 5.92 Å². The van der Waals surface area contributed by atoms with E-state index in [0.717, 1.165) is 19.0 Å². The molecule has 4 heteroatoms. The molecule has 94 valence electrons. The highest BCUT2D eigenvalue weighted by Crippen LogP contribution is 2.21. The highest BCUT2D eigenvalue weighted by atomic mass is 16.5. The molecule has 1 fully saturated rings. The van der Waals surface area contributed by atoms with Gasteiger partial charge in [-0.2, -0.15) is 0 Å². The first kappa shape index (κ1) is 13.5. The number of rotatable bonds is 4. The number of nitrogens with zero attached hydrogens (tertiary/aromatic N) is 1. The first-order valence-electron chi connectivity index (χ1n) is 6.09. The van der Waals surface area contributed by atoms with Crippen molar-refractivity contribution in [3.05, 3.63) is 0 Å². The number of hydrogen-bond acceptors (Lipinski definition) is 4. The number of carbonyl (C=O) groups is 1. The molecule has 0 bridgehead atoms. The van der Waals surface area contributed by atoms with Crippen LogP contribution in [0.2, 0.25) is 0 Å². The zero-order valence-corrected chi connectivity index (χ0v) is 10.7. The lowest BCUT2D eigenvalue weighted by Gasteiger charge is -2.35. The van der Waals surface area contributed by atoms with Gasteiger partial charge in [0.05, 0.1) is 7.11 Å². The van der Waals surface area contributed by atoms with E-state index in [-0.39, 0.29) is 5.97 Å². The Morgan fingerprint density at radius 1 is 1.50 bits per heavy atom. The van der Waals surface area contributed by atoms with Crippen LogP contribution in [0.25, 0.3) is 0 Å². The van der Waals surface area contributed by atoms with Gasteiger partial charge < -0.3 is 15.4 Å². The minimum Gasteiger partial charge on any atom is -0.468 e. The summed E-state index contributed by atoms with van der Waals surface area (Å²) in [6.07, 6.45) is 3.69. The average molecular weight is 228 g/mol. The largest absolute Gasteiger partial charge is 0.468 e. The van der Waals surface area contributed by atoms with Crippen LogP contribution in [0.3, 0.4) is 0 Å². The van der Waals surface area contributed by atoms with Gasteiger partial charge in [0.25, 0.3) is 0 Å². The lowest BCUT2D eigenvalue weighted by Crippen LogP contribution is -2.55. The third-order valence-electron chi connectivity index (χ3n) is 3.49. The van der Waals surface area contributed by atoms with Crippen molar-refractivity contribution in [2.45, 2.75) is 38.6 Å². The van der Waals surface area contributed by atoms with Crippen LogP contribution in [0.5, 0.6) is 0 Å². The van der Waals surface area contributed by atoms with E-state index in [9.17, 15) is 4.79 Å². The number of hydrogen-bond donors (Lipinski definition) is 1. The quantitative estimate of drug-likeness (QED) is 0.729. The minimum atomic E-state index is -0.881. The number of likely N-dealkylation sites (tertiary alicyclic amines) is 1. The fraction of sp³-hybridized carbons (Fsp3) is 0.917. The third kappa shape index (κ3) is 3.46. The summed E-state index contributed by atoms with van der Waals surface area (Å²) in [6.45, 7) is 6.66. The van der Waals surface area contributed by atoms with Gasteiger partial charge in [-0.3, -0.25) is 4.79 Å². The van der Waals surface area contributed by atoms with E-state index >= 15 is 0 Å². The van der Waals surface area contributed by atoms with E-state index in [2.05, 4.69) is 11.8 Å². The van der Waals surface area contributed by atoms with Gasteiger partial charge in [0.15, 0.2) is 0 Å². The average Bonchev–Trinajstić information content (AvgIpc) is 2.28. The third-order valence-corrected chi connectivity index (χ3v) is 3.49. The summed E-state index contributed by atoms with van der Waals surface area (Å²) >= 11 is 0. The molecule has 1 heterocycles. The number of methoxy groups -OCH3 is 1. The van der Waals surface area contributed by atoms with Crippen molar-refractivity contribution in [1.29, 1.82) is 0 Å². The van der Waals surface area contributed by atoms with Gasteiger partial charge in [-0.25, -0.2) is 0 Å². The highest BCUT2D eigenvalue weighted by Gasteiger charge is 2.32. The monoisotopic (exact) mass is 228 g/mol. The second-order valence-corrected chi connectivity index (χ2v) is 5.04. The van der Waals surface area contributed by atoms with E-state index in [1.807, 2.05) is 0 Å². The maximum atomic E-state index is 11.5. The number of carbonyl (C=O) groups excluding carboxylic acids is 1. The Balaban J connectivity index is 2.41. The Morgan fingerprint density at radius 2 is 2.06 bits per heavy atom. The molecule has 1 rings (SSSR count). The van der Waals surface area contributed by atoms with Gasteiger partial charge in [-0.1, -0.05) is 13.3 Å². The number of esters is 1. The summed E-state index contributed by atoms with van der Waals surface area (Å²) < 4.78 is 4.71. The van der Waals surface area contributed by atoms with Crippen molar-refractivity contribution >= 4 is 5.97 Å². The molecular formula is C12H24N2O2. The predicted molar refractivity (Wildman–Crippen MR) is 64.1 cm³/mol. The van der Waals surface area contributed by atoms with Crippen molar-refractivity contribution in [2.24, 2.45) is 11.7 Å². The molecule has 0 amide bonds. The van der Waals surface area contributed by atoms with Crippen LogP contribution in [0.1, 0.15) is 33.1 Å². The van der Waals surface area contributed by atoms with Gasteiger partial charge in [-0.15, -0.1) is 0 Å². The van der Waals surface area contributed by atoms with Crippen LogP contribution in [0.4, 0.5) is 0 Å². The Morgan fingerprint density at radius 3 is 2.50 bits per heavy atom. The summed E-state index contributed by atoms with van der Waals surface area (Å²) in [6, 6.07) is 0. The van der Waals surface area contributed by atoms with E-state index in [4.69, 9.17) is 10.5 Å². The summed E-state index contributed by atoms with van der Waals surface area (Å²) in [5, 5.41) is 0. The minimum absolute atomic E-state index is 0.329. The number of ether oxygens (including phenoxy) is 1. The maximum absolute atomic E-state index is 11.5. The Kier molecular flexibility index (Phi) is 4.74. The van der Waals surface area contributed by atoms with Crippen LogP contribution < -0.4 is 5.73 Å². The zero-order chi connectivity index (χ0) is 12.2. The second-order valence-electron chi connectivity index (χ2n) is 5.04. The van der Waals surface area contributed by atoms with E-state index in [0.29, 0.717) is 6.54 Å². The van der Waals surface area contributed by atoms with Crippen molar-refractivity contribution in [3.63, 3.8) is 0 Å². The van der Waals surface area contributed by atoms with Gasteiger partial charge in [0.2, 0.25) is 0 Å². The van der Waals surface area contributed by atoms with Gasteiger partial charge >= 0.3 is 5.97 Å². The van der Waals surface area contributed by atoms with Crippen molar-refractivity contribution < 1.29 is 9.53 Å². The first-order valence-corrected chi connectivity index (χ1v) is 6.09. The molecule has 1 atom stereocenters. The topological polar surface area (TPSA) is 55.6 Å². The predicted octanol–water partition coefficient (Wildman–Crippen LogP) is 0.999. The molecule has 0 spiro atoms. The molecule has 1 aliphatic heterocycles. The van der Waals surface area contributed by atoms with E-state index in [1.165, 1.54) is 26.4 Å². The molecule has 16 heavy (non-hydrogen) atoms. The summed E-state index contributed by atoms with van der Waals surface area (Å²) in [5.74, 6) is 0.517. The lowest BCUT2D eigenvalue weighted by atomic mass is 9.93. The Labute approximate surface area is 98.1 Å². The lowest BCUT2D eigenvalue weighted by molar-refractivity contribution is -0.147. The molecule has 1 saturated heterocycles. The second kappa shape index (κ2) is 5.64. The van der Waals surface area contributed by atoms with E-state index < -0.39 is 5.54 Å². The van der Waals surface area contributed by atoms with Crippen LogP contribution in [-0.4, -0.2) is 43.2 Å². The molecule has 0 aromatic heterocycles. The molecule has 4 nitrogen and oxygen atoms in total. The van der Waals surface area contributed by atoms with Crippen molar-refractivity contribution in [3.8, 4) is 0 Å². The highest BCUT2D eigenvalue weighted by molar-refractivity contribution is 5.80. The van der Waals surface area contributed by atoms with Crippen LogP contribution >= 0.6 is 0 Å². The smallest absolute Gasteiger partial charge is 0.326 e. The van der Waals surface area contributed by atoms with Gasteiger partial charge in [0, 0.05) is 6.54 Å². The fourth-order valence-electron chi connectivity index (χ4n) is 2.32. The van der Waals surface area contributed by atoms with E-state index in [1.54, 1.807) is 6.92 Å². The molecule has 1 unspecified atom stereocenters. The summed E-state index contributed by atoms with van der Waals surface area (Å²) in [7, 11) is 1.39. The van der Waals surface area contributed by atoms with Crippen LogP contribution in [-0.2, 0) is 9.53 Å². The maximum Gasteiger partial charge on any atom is 0.326 e. The molecule has 0 aromatic rings. The SMILES string of the molecule is CCC1CCN(CC(C)(N)C(=O)OC)CC1. The molecule has 0 saturated carbocycles. The first-order chi connectivity index (χ1) is 7.49. The fourth-order valence-corrected chi connectivity index (χ4v) is 2.32. The Hall–Kier alpha value is -0.610. The number of piperidine rings is 1. The standard InChI is InChI=1S/C12H24N2O2/c1-4-10-5-7-14(8-6-10)9-12(2,13)11(15)16-3/h10H,4-9,13H2,1-3H3. The molecular weight excluding hydrogens is 204 g/mol. The number of nitrogens with two attached hydrogens (primary N) is 1. The molecule has 1 aliphatic rings. The van der Waals surface area contributed by atoms with Crippen molar-refractivity contribution in [1.82, 2.24) is 4.90 Å².